The molecule has 0 aliphatic carbocycles. The van der Waals surface area contributed by atoms with Gasteiger partial charge in [-0.1, -0.05) is 6.92 Å². The van der Waals surface area contributed by atoms with Gasteiger partial charge in [0.1, 0.15) is 16.4 Å². The van der Waals surface area contributed by atoms with Crippen molar-refractivity contribution in [2.45, 2.75) is 31.1 Å². The van der Waals surface area contributed by atoms with E-state index in [4.69, 9.17) is 0 Å². The summed E-state index contributed by atoms with van der Waals surface area (Å²) in [5.74, 6) is 0.177. The quantitative estimate of drug-likeness (QED) is 0.845. The molecular weight excluding hydrogens is 343 g/mol. The van der Waals surface area contributed by atoms with Crippen molar-refractivity contribution in [3.63, 3.8) is 0 Å². The average molecular weight is 357 g/mol. The van der Waals surface area contributed by atoms with Gasteiger partial charge in [0.2, 0.25) is 0 Å². The lowest BCUT2D eigenvalue weighted by molar-refractivity contribution is -0.141. The lowest BCUT2D eigenvalue weighted by Gasteiger charge is -2.19. The van der Waals surface area contributed by atoms with E-state index in [2.05, 4.69) is 9.97 Å². The predicted octanol–water partition coefficient (Wildman–Crippen LogP) is 2.81. The Hall–Kier alpha value is -2.16. The monoisotopic (exact) mass is 357 g/mol. The van der Waals surface area contributed by atoms with Gasteiger partial charge in [0, 0.05) is 25.5 Å². The standard InChI is InChI=1S/C15H14F3N3O2S/c1-2-24(22,23)12-4-3-5-19-14(12)21-8-10-6-13(15(16,17)18)20-7-11(10)9-21/h3-7H,2,8-9H2,1H3. The molecule has 0 aromatic carbocycles. The number of pyridine rings is 2. The fourth-order valence-electron chi connectivity index (χ4n) is 2.60. The maximum Gasteiger partial charge on any atom is 0.433 e. The summed E-state index contributed by atoms with van der Waals surface area (Å²) >= 11 is 0. The summed E-state index contributed by atoms with van der Waals surface area (Å²) in [4.78, 5) is 9.32. The van der Waals surface area contributed by atoms with Gasteiger partial charge in [-0.3, -0.25) is 4.98 Å². The number of aromatic nitrogens is 2. The summed E-state index contributed by atoms with van der Waals surface area (Å²) in [5.41, 5.74) is 0.154. The highest BCUT2D eigenvalue weighted by Gasteiger charge is 2.34. The third-order valence-corrected chi connectivity index (χ3v) is 5.61. The molecule has 0 fully saturated rings. The zero-order valence-corrected chi connectivity index (χ0v) is 13.5. The molecular formula is C15H14F3N3O2S. The van der Waals surface area contributed by atoms with Crippen LogP contribution in [0.1, 0.15) is 23.7 Å². The molecule has 0 unspecified atom stereocenters. The topological polar surface area (TPSA) is 63.2 Å². The van der Waals surface area contributed by atoms with Gasteiger partial charge in [0.05, 0.1) is 5.75 Å². The predicted molar refractivity (Wildman–Crippen MR) is 81.1 cm³/mol. The Morgan fingerprint density at radius 1 is 1.21 bits per heavy atom. The number of anilines is 1. The van der Waals surface area contributed by atoms with Gasteiger partial charge in [-0.05, 0) is 29.3 Å². The molecule has 1 aliphatic heterocycles. The fraction of sp³-hybridized carbons (Fsp3) is 0.333. The first kappa shape index (κ1) is 16.7. The molecule has 128 valence electrons. The molecule has 1 aliphatic rings. The number of rotatable bonds is 3. The van der Waals surface area contributed by atoms with Crippen LogP contribution in [0.3, 0.4) is 0 Å². The smallest absolute Gasteiger partial charge is 0.347 e. The van der Waals surface area contributed by atoms with E-state index in [1.807, 2.05) is 0 Å². The third-order valence-electron chi connectivity index (χ3n) is 3.86. The van der Waals surface area contributed by atoms with Crippen molar-refractivity contribution in [1.29, 1.82) is 0 Å². The molecule has 0 amide bonds. The molecule has 0 saturated heterocycles. The van der Waals surface area contributed by atoms with Crippen molar-refractivity contribution in [3.8, 4) is 0 Å². The summed E-state index contributed by atoms with van der Waals surface area (Å²) in [6, 6.07) is 3.99. The van der Waals surface area contributed by atoms with Crippen LogP contribution < -0.4 is 4.90 Å². The van der Waals surface area contributed by atoms with Crippen LogP contribution >= 0.6 is 0 Å². The lowest BCUT2D eigenvalue weighted by Crippen LogP contribution is -2.20. The van der Waals surface area contributed by atoms with Crippen molar-refractivity contribution in [3.05, 3.63) is 47.4 Å². The molecule has 5 nitrogen and oxygen atoms in total. The maximum absolute atomic E-state index is 12.8. The Kier molecular flexibility index (Phi) is 3.98. The Morgan fingerprint density at radius 2 is 1.92 bits per heavy atom. The zero-order chi connectivity index (χ0) is 17.5. The number of halogens is 3. The van der Waals surface area contributed by atoms with Crippen LogP contribution in [-0.4, -0.2) is 24.1 Å². The number of alkyl halides is 3. The minimum absolute atomic E-state index is 0.0771. The summed E-state index contributed by atoms with van der Waals surface area (Å²) in [7, 11) is -3.48. The Bertz CT molecular complexity index is 882. The van der Waals surface area contributed by atoms with Crippen molar-refractivity contribution in [2.24, 2.45) is 0 Å². The van der Waals surface area contributed by atoms with Gasteiger partial charge in [-0.25, -0.2) is 13.4 Å². The largest absolute Gasteiger partial charge is 0.433 e. The normalized spacial score (nSPS) is 14.8. The van der Waals surface area contributed by atoms with E-state index >= 15 is 0 Å². The molecule has 0 bridgehead atoms. The van der Waals surface area contributed by atoms with Crippen LogP contribution in [0, 0.1) is 0 Å². The summed E-state index contributed by atoms with van der Waals surface area (Å²) in [6.07, 6.45) is -1.86. The van der Waals surface area contributed by atoms with Crippen molar-refractivity contribution in [1.82, 2.24) is 9.97 Å². The van der Waals surface area contributed by atoms with E-state index in [0.717, 1.165) is 6.07 Å². The maximum atomic E-state index is 12.8. The van der Waals surface area contributed by atoms with E-state index in [1.54, 1.807) is 4.90 Å². The van der Waals surface area contributed by atoms with Gasteiger partial charge in [0.25, 0.3) is 0 Å². The second-order valence-corrected chi connectivity index (χ2v) is 7.67. The van der Waals surface area contributed by atoms with Gasteiger partial charge >= 0.3 is 6.18 Å². The van der Waals surface area contributed by atoms with Crippen molar-refractivity contribution in [2.75, 3.05) is 10.7 Å². The summed E-state index contributed by atoms with van der Waals surface area (Å²) < 4.78 is 62.7. The van der Waals surface area contributed by atoms with Crippen molar-refractivity contribution >= 4 is 15.7 Å². The van der Waals surface area contributed by atoms with E-state index in [0.29, 0.717) is 11.1 Å². The third kappa shape index (κ3) is 2.95. The molecule has 3 heterocycles. The van der Waals surface area contributed by atoms with Crippen LogP contribution in [-0.2, 0) is 29.1 Å². The first-order valence-corrected chi connectivity index (χ1v) is 8.85. The molecule has 2 aromatic rings. The first-order chi connectivity index (χ1) is 11.2. The molecule has 0 spiro atoms. The fourth-order valence-corrected chi connectivity index (χ4v) is 3.66. The van der Waals surface area contributed by atoms with Gasteiger partial charge in [-0.15, -0.1) is 0 Å². The zero-order valence-electron chi connectivity index (χ0n) is 12.7. The highest BCUT2D eigenvalue weighted by atomic mass is 32.2. The average Bonchev–Trinajstić information content (AvgIpc) is 2.97. The van der Waals surface area contributed by atoms with Crippen molar-refractivity contribution < 1.29 is 21.6 Å². The van der Waals surface area contributed by atoms with Crippen LogP contribution in [0.25, 0.3) is 0 Å². The molecule has 9 heteroatoms. The number of sulfone groups is 1. The van der Waals surface area contributed by atoms with E-state index in [1.165, 1.54) is 31.5 Å². The summed E-state index contributed by atoms with van der Waals surface area (Å²) in [5, 5.41) is 0. The van der Waals surface area contributed by atoms with Crippen LogP contribution in [0.2, 0.25) is 0 Å². The number of hydrogen-bond acceptors (Lipinski definition) is 5. The Morgan fingerprint density at radius 3 is 2.58 bits per heavy atom. The SMILES string of the molecule is CCS(=O)(=O)c1cccnc1N1Cc2cnc(C(F)(F)F)cc2C1. The highest BCUT2D eigenvalue weighted by Crippen LogP contribution is 2.34. The number of hydrogen-bond donors (Lipinski definition) is 0. The first-order valence-electron chi connectivity index (χ1n) is 7.20. The minimum atomic E-state index is -4.51. The molecule has 3 rings (SSSR count). The molecule has 0 N–H and O–H groups in total. The van der Waals surface area contributed by atoms with Gasteiger partial charge in [-0.2, -0.15) is 13.2 Å². The second-order valence-electron chi connectivity index (χ2n) is 5.42. The Labute approximate surface area is 137 Å². The van der Waals surface area contributed by atoms with Crippen LogP contribution in [0.4, 0.5) is 19.0 Å². The minimum Gasteiger partial charge on any atom is -0.347 e. The molecule has 2 aromatic heterocycles. The number of nitrogens with zero attached hydrogens (tertiary/aromatic N) is 3. The van der Waals surface area contributed by atoms with E-state index < -0.39 is 21.7 Å². The molecule has 24 heavy (non-hydrogen) atoms. The second kappa shape index (κ2) is 5.73. The summed E-state index contributed by atoms with van der Waals surface area (Å²) in [6.45, 7) is 1.96. The highest BCUT2D eigenvalue weighted by molar-refractivity contribution is 7.91. The molecule has 0 saturated carbocycles. The van der Waals surface area contributed by atoms with E-state index in [-0.39, 0.29) is 29.6 Å². The van der Waals surface area contributed by atoms with E-state index in [9.17, 15) is 21.6 Å². The molecule has 0 radical (unpaired) electrons. The van der Waals surface area contributed by atoms with Crippen LogP contribution in [0.15, 0.2) is 35.5 Å². The van der Waals surface area contributed by atoms with Gasteiger partial charge < -0.3 is 4.90 Å². The number of fused-ring (bicyclic) bond motifs is 1. The van der Waals surface area contributed by atoms with Crippen LogP contribution in [0.5, 0.6) is 0 Å². The van der Waals surface area contributed by atoms with Gasteiger partial charge in [0.15, 0.2) is 9.84 Å². The lowest BCUT2D eigenvalue weighted by atomic mass is 10.1. The molecule has 0 atom stereocenters. The Balaban J connectivity index is 1.98.